The first-order valence-electron chi connectivity index (χ1n) is 5.68. The SMILES string of the molecule is NC(=O)CN1C(=O)C2C3CC(N)C(O3)C2C1O. The average molecular weight is 241 g/mol. The molecule has 0 aliphatic carbocycles. The average Bonchev–Trinajstić information content (AvgIpc) is 2.85. The van der Waals surface area contributed by atoms with Crippen molar-refractivity contribution in [1.82, 2.24) is 4.90 Å². The molecule has 3 fully saturated rings. The lowest BCUT2D eigenvalue weighted by molar-refractivity contribution is -0.143. The van der Waals surface area contributed by atoms with Crippen molar-refractivity contribution in [1.29, 1.82) is 0 Å². The minimum absolute atomic E-state index is 0.141. The van der Waals surface area contributed by atoms with Gasteiger partial charge < -0.3 is 26.2 Å². The van der Waals surface area contributed by atoms with Gasteiger partial charge in [0.2, 0.25) is 11.8 Å². The fraction of sp³-hybridized carbons (Fsp3) is 0.800. The van der Waals surface area contributed by atoms with E-state index in [1.54, 1.807) is 0 Å². The highest BCUT2D eigenvalue weighted by Crippen LogP contribution is 2.49. The molecule has 0 spiro atoms. The van der Waals surface area contributed by atoms with Crippen molar-refractivity contribution in [2.45, 2.75) is 30.9 Å². The van der Waals surface area contributed by atoms with Crippen LogP contribution in [0.15, 0.2) is 0 Å². The number of nitrogens with two attached hydrogens (primary N) is 2. The van der Waals surface area contributed by atoms with Gasteiger partial charge in [0, 0.05) is 12.0 Å². The van der Waals surface area contributed by atoms with Crippen molar-refractivity contribution < 1.29 is 19.4 Å². The second-order valence-electron chi connectivity index (χ2n) is 4.99. The molecule has 0 saturated carbocycles. The second-order valence-corrected chi connectivity index (χ2v) is 4.99. The van der Waals surface area contributed by atoms with E-state index in [2.05, 4.69) is 0 Å². The number of carbonyl (C=O) groups is 2. The summed E-state index contributed by atoms with van der Waals surface area (Å²) >= 11 is 0. The van der Waals surface area contributed by atoms with Gasteiger partial charge in [-0.2, -0.15) is 0 Å². The predicted molar refractivity (Wildman–Crippen MR) is 55.1 cm³/mol. The highest BCUT2D eigenvalue weighted by molar-refractivity contribution is 5.88. The molecule has 3 aliphatic heterocycles. The van der Waals surface area contributed by atoms with Crippen molar-refractivity contribution in [3.63, 3.8) is 0 Å². The number of carbonyl (C=O) groups excluding carboxylic acids is 2. The fourth-order valence-corrected chi connectivity index (χ4v) is 3.37. The molecule has 2 bridgehead atoms. The summed E-state index contributed by atoms with van der Waals surface area (Å²) in [5, 5.41) is 10.1. The Hall–Kier alpha value is -1.18. The Labute approximate surface area is 97.7 Å². The first-order chi connectivity index (χ1) is 8.00. The minimum Gasteiger partial charge on any atom is -0.373 e. The Bertz CT molecular complexity index is 388. The highest BCUT2D eigenvalue weighted by atomic mass is 16.5. The van der Waals surface area contributed by atoms with E-state index in [9.17, 15) is 14.7 Å². The van der Waals surface area contributed by atoms with Crippen LogP contribution in [0.4, 0.5) is 0 Å². The number of primary amides is 1. The van der Waals surface area contributed by atoms with Crippen LogP contribution in [0.5, 0.6) is 0 Å². The summed E-state index contributed by atoms with van der Waals surface area (Å²) in [7, 11) is 0. The molecule has 94 valence electrons. The molecular weight excluding hydrogens is 226 g/mol. The Balaban J connectivity index is 1.87. The van der Waals surface area contributed by atoms with E-state index in [1.807, 2.05) is 0 Å². The summed E-state index contributed by atoms with van der Waals surface area (Å²) in [6.07, 6.45) is -0.891. The van der Waals surface area contributed by atoms with Gasteiger partial charge in [-0.1, -0.05) is 0 Å². The summed E-state index contributed by atoms with van der Waals surface area (Å²) < 4.78 is 5.60. The van der Waals surface area contributed by atoms with E-state index in [0.717, 1.165) is 4.90 Å². The summed E-state index contributed by atoms with van der Waals surface area (Å²) in [6.45, 7) is -0.248. The third-order valence-electron chi connectivity index (χ3n) is 4.01. The van der Waals surface area contributed by atoms with E-state index in [-0.39, 0.29) is 42.5 Å². The van der Waals surface area contributed by atoms with Crippen LogP contribution in [-0.2, 0) is 14.3 Å². The summed E-state index contributed by atoms with van der Waals surface area (Å²) in [6, 6.07) is -0.141. The molecule has 6 unspecified atom stereocenters. The third kappa shape index (κ3) is 1.33. The van der Waals surface area contributed by atoms with Crippen molar-refractivity contribution in [2.24, 2.45) is 23.3 Å². The number of likely N-dealkylation sites (tertiary alicyclic amines) is 1. The number of aliphatic hydroxyl groups is 1. The van der Waals surface area contributed by atoms with E-state index in [1.165, 1.54) is 0 Å². The van der Waals surface area contributed by atoms with Crippen LogP contribution in [0.1, 0.15) is 6.42 Å². The van der Waals surface area contributed by atoms with Crippen molar-refractivity contribution in [2.75, 3.05) is 6.54 Å². The first kappa shape index (κ1) is 10.9. The van der Waals surface area contributed by atoms with Crippen LogP contribution >= 0.6 is 0 Å². The standard InChI is InChI=1S/C10H15N3O4/c11-3-1-4-6-7(8(3)17-4)10(16)13(9(6)15)2-5(12)14/h3-4,6-8,10,16H,1-2,11H2,(H2,12,14). The quantitative estimate of drug-likeness (QED) is 0.488. The Kier molecular flexibility index (Phi) is 2.19. The summed E-state index contributed by atoms with van der Waals surface area (Å²) in [5.74, 6) is -1.57. The van der Waals surface area contributed by atoms with E-state index in [4.69, 9.17) is 16.2 Å². The van der Waals surface area contributed by atoms with Crippen molar-refractivity contribution in [3.05, 3.63) is 0 Å². The van der Waals surface area contributed by atoms with Gasteiger partial charge >= 0.3 is 0 Å². The fourth-order valence-electron chi connectivity index (χ4n) is 3.37. The molecule has 2 amide bonds. The van der Waals surface area contributed by atoms with Crippen LogP contribution < -0.4 is 11.5 Å². The summed E-state index contributed by atoms with van der Waals surface area (Å²) in [5.41, 5.74) is 10.9. The molecule has 7 heteroatoms. The molecule has 3 aliphatic rings. The van der Waals surface area contributed by atoms with Gasteiger partial charge in [0.1, 0.15) is 12.8 Å². The van der Waals surface area contributed by atoms with Gasteiger partial charge in [-0.25, -0.2) is 0 Å². The number of hydrogen-bond acceptors (Lipinski definition) is 5. The largest absolute Gasteiger partial charge is 0.373 e. The Morgan fingerprint density at radius 3 is 2.94 bits per heavy atom. The number of nitrogens with zero attached hydrogens (tertiary/aromatic N) is 1. The third-order valence-corrected chi connectivity index (χ3v) is 4.01. The van der Waals surface area contributed by atoms with Gasteiger partial charge in [-0.3, -0.25) is 9.59 Å². The molecule has 0 aromatic rings. The molecular formula is C10H15N3O4. The van der Waals surface area contributed by atoms with Crippen LogP contribution in [0.2, 0.25) is 0 Å². The number of hydrogen-bond donors (Lipinski definition) is 3. The summed E-state index contributed by atoms with van der Waals surface area (Å²) in [4.78, 5) is 24.1. The number of aliphatic hydroxyl groups excluding tert-OH is 1. The van der Waals surface area contributed by atoms with Crippen LogP contribution in [-0.4, -0.2) is 52.8 Å². The van der Waals surface area contributed by atoms with Gasteiger partial charge in [-0.15, -0.1) is 0 Å². The van der Waals surface area contributed by atoms with Crippen LogP contribution in [0.25, 0.3) is 0 Å². The van der Waals surface area contributed by atoms with Crippen molar-refractivity contribution >= 4 is 11.8 Å². The van der Waals surface area contributed by atoms with Crippen LogP contribution in [0.3, 0.4) is 0 Å². The Morgan fingerprint density at radius 2 is 2.29 bits per heavy atom. The monoisotopic (exact) mass is 241 g/mol. The van der Waals surface area contributed by atoms with Gasteiger partial charge in [0.25, 0.3) is 0 Å². The molecule has 3 saturated heterocycles. The zero-order chi connectivity index (χ0) is 12.3. The van der Waals surface area contributed by atoms with E-state index in [0.29, 0.717) is 6.42 Å². The van der Waals surface area contributed by atoms with E-state index >= 15 is 0 Å². The molecule has 3 rings (SSSR count). The number of rotatable bonds is 2. The number of ether oxygens (including phenoxy) is 1. The zero-order valence-electron chi connectivity index (χ0n) is 9.15. The molecule has 3 heterocycles. The lowest BCUT2D eigenvalue weighted by atomic mass is 9.78. The first-order valence-corrected chi connectivity index (χ1v) is 5.68. The number of amides is 2. The lowest BCUT2D eigenvalue weighted by Gasteiger charge is -2.26. The molecule has 0 aromatic heterocycles. The smallest absolute Gasteiger partial charge is 0.237 e. The maximum absolute atomic E-state index is 12.1. The zero-order valence-corrected chi connectivity index (χ0v) is 9.15. The van der Waals surface area contributed by atoms with Crippen LogP contribution in [0, 0.1) is 11.8 Å². The van der Waals surface area contributed by atoms with Gasteiger partial charge in [-0.05, 0) is 6.42 Å². The maximum Gasteiger partial charge on any atom is 0.237 e. The normalized spacial score (nSPS) is 47.6. The van der Waals surface area contributed by atoms with Crippen molar-refractivity contribution in [3.8, 4) is 0 Å². The van der Waals surface area contributed by atoms with E-state index < -0.39 is 12.1 Å². The molecule has 5 N–H and O–H groups in total. The maximum atomic E-state index is 12.1. The number of fused-ring (bicyclic) bond motifs is 5. The predicted octanol–water partition coefficient (Wildman–Crippen LogP) is -2.64. The minimum atomic E-state index is -1.01. The lowest BCUT2D eigenvalue weighted by Crippen LogP contribution is -2.46. The molecule has 0 radical (unpaired) electrons. The highest BCUT2D eigenvalue weighted by Gasteiger charge is 2.64. The van der Waals surface area contributed by atoms with Gasteiger partial charge in [0.05, 0.1) is 18.1 Å². The Morgan fingerprint density at radius 1 is 1.59 bits per heavy atom. The molecule has 17 heavy (non-hydrogen) atoms. The second kappa shape index (κ2) is 3.41. The topological polar surface area (TPSA) is 119 Å². The molecule has 7 nitrogen and oxygen atoms in total. The van der Waals surface area contributed by atoms with Gasteiger partial charge in [0.15, 0.2) is 0 Å². The molecule has 6 atom stereocenters. The molecule has 0 aromatic carbocycles.